The average Bonchev–Trinajstić information content (AvgIpc) is 2.43. The van der Waals surface area contributed by atoms with Gasteiger partial charge in [0.05, 0.1) is 24.8 Å². The van der Waals surface area contributed by atoms with Crippen LogP contribution in [0.5, 0.6) is 0 Å². The molecule has 4 heteroatoms. The number of carbonyl (C=O) groups excluding carboxylic acids is 1. The monoisotopic (exact) mass is 248 g/mol. The quantitative estimate of drug-likeness (QED) is 0.771. The first kappa shape index (κ1) is 13.2. The van der Waals surface area contributed by atoms with Gasteiger partial charge >= 0.3 is 0 Å². The van der Waals surface area contributed by atoms with Crippen LogP contribution >= 0.6 is 0 Å². The summed E-state index contributed by atoms with van der Waals surface area (Å²) in [7, 11) is 1.66. The topological polar surface area (TPSA) is 51.2 Å². The van der Waals surface area contributed by atoms with Crippen molar-refractivity contribution in [1.82, 2.24) is 10.3 Å². The molecule has 0 amide bonds. The number of aryl methyl sites for hydroxylation is 1. The molecule has 1 aromatic rings. The van der Waals surface area contributed by atoms with Crippen molar-refractivity contribution in [2.45, 2.75) is 25.2 Å². The molecule has 0 bridgehead atoms. The third-order valence-corrected chi connectivity index (χ3v) is 3.37. The molecule has 1 unspecified atom stereocenters. The number of Topliss-reactive ketones (excluding diaryl/α,β-unsaturated/α-hetero) is 1. The molecule has 0 aliphatic heterocycles. The van der Waals surface area contributed by atoms with Gasteiger partial charge in [-0.1, -0.05) is 6.07 Å². The SMILES string of the molecule is COCCNCC(=O)C1CCCc2cccnc21. The number of hydrogen-bond acceptors (Lipinski definition) is 4. The Bertz CT molecular complexity index is 407. The normalized spacial score (nSPS) is 18.4. The van der Waals surface area contributed by atoms with Gasteiger partial charge in [-0.2, -0.15) is 0 Å². The number of carbonyl (C=O) groups is 1. The molecule has 1 N–H and O–H groups in total. The first-order valence-corrected chi connectivity index (χ1v) is 6.49. The first-order chi connectivity index (χ1) is 8.83. The number of nitrogens with one attached hydrogen (secondary N) is 1. The summed E-state index contributed by atoms with van der Waals surface area (Å²) < 4.78 is 4.94. The van der Waals surface area contributed by atoms with Crippen LogP contribution < -0.4 is 5.32 Å². The van der Waals surface area contributed by atoms with E-state index in [1.54, 1.807) is 13.3 Å². The van der Waals surface area contributed by atoms with Crippen molar-refractivity contribution in [2.75, 3.05) is 26.8 Å². The van der Waals surface area contributed by atoms with Crippen LogP contribution in [0.15, 0.2) is 18.3 Å². The Kier molecular flexibility index (Phi) is 4.84. The van der Waals surface area contributed by atoms with Crippen LogP contribution in [0.3, 0.4) is 0 Å². The zero-order valence-electron chi connectivity index (χ0n) is 10.8. The van der Waals surface area contributed by atoms with Crippen LogP contribution in [-0.4, -0.2) is 37.6 Å². The van der Waals surface area contributed by atoms with Gasteiger partial charge < -0.3 is 10.1 Å². The number of aromatic nitrogens is 1. The number of ether oxygens (including phenoxy) is 1. The maximum atomic E-state index is 12.2. The van der Waals surface area contributed by atoms with Crippen molar-refractivity contribution in [3.05, 3.63) is 29.6 Å². The fourth-order valence-corrected chi connectivity index (χ4v) is 2.43. The third kappa shape index (κ3) is 3.15. The van der Waals surface area contributed by atoms with Crippen molar-refractivity contribution >= 4 is 5.78 Å². The average molecular weight is 248 g/mol. The van der Waals surface area contributed by atoms with Crippen molar-refractivity contribution in [1.29, 1.82) is 0 Å². The van der Waals surface area contributed by atoms with Crippen molar-refractivity contribution < 1.29 is 9.53 Å². The lowest BCUT2D eigenvalue weighted by molar-refractivity contribution is -0.120. The number of rotatable bonds is 6. The van der Waals surface area contributed by atoms with Crippen LogP contribution in [-0.2, 0) is 16.0 Å². The number of hydrogen-bond donors (Lipinski definition) is 1. The minimum absolute atomic E-state index is 0.0232. The van der Waals surface area contributed by atoms with E-state index >= 15 is 0 Å². The highest BCUT2D eigenvalue weighted by Gasteiger charge is 2.26. The summed E-state index contributed by atoms with van der Waals surface area (Å²) in [6.45, 7) is 1.75. The smallest absolute Gasteiger partial charge is 0.155 e. The van der Waals surface area contributed by atoms with Crippen LogP contribution in [0.25, 0.3) is 0 Å². The van der Waals surface area contributed by atoms with E-state index in [1.165, 1.54) is 5.56 Å². The van der Waals surface area contributed by atoms with E-state index in [4.69, 9.17) is 4.74 Å². The molecule has 0 saturated carbocycles. The van der Waals surface area contributed by atoms with Gasteiger partial charge in [0.2, 0.25) is 0 Å². The minimum atomic E-state index is -0.0232. The molecule has 2 rings (SSSR count). The van der Waals surface area contributed by atoms with Crippen LogP contribution in [0.2, 0.25) is 0 Å². The Morgan fingerprint density at radius 1 is 1.61 bits per heavy atom. The molecule has 1 aliphatic carbocycles. The fourth-order valence-electron chi connectivity index (χ4n) is 2.43. The largest absolute Gasteiger partial charge is 0.383 e. The Morgan fingerprint density at radius 3 is 3.33 bits per heavy atom. The van der Waals surface area contributed by atoms with E-state index < -0.39 is 0 Å². The first-order valence-electron chi connectivity index (χ1n) is 6.49. The second-order valence-electron chi connectivity index (χ2n) is 4.63. The molecule has 0 radical (unpaired) electrons. The van der Waals surface area contributed by atoms with E-state index in [1.807, 2.05) is 6.07 Å². The Hall–Kier alpha value is -1.26. The number of ketones is 1. The fraction of sp³-hybridized carbons (Fsp3) is 0.571. The van der Waals surface area contributed by atoms with Crippen LogP contribution in [0, 0.1) is 0 Å². The molecular formula is C14H20N2O2. The lowest BCUT2D eigenvalue weighted by Gasteiger charge is -2.23. The molecule has 1 atom stereocenters. The highest BCUT2D eigenvalue weighted by atomic mass is 16.5. The standard InChI is InChI=1S/C14H20N2O2/c1-18-9-8-15-10-13(17)12-6-2-4-11-5-3-7-16-14(11)12/h3,5,7,12,15H,2,4,6,8-10H2,1H3. The van der Waals surface area contributed by atoms with Gasteiger partial charge in [-0.25, -0.2) is 0 Å². The van der Waals surface area contributed by atoms with E-state index in [-0.39, 0.29) is 11.7 Å². The summed E-state index contributed by atoms with van der Waals surface area (Å²) >= 11 is 0. The molecule has 1 heterocycles. The maximum Gasteiger partial charge on any atom is 0.155 e. The number of methoxy groups -OCH3 is 1. The van der Waals surface area contributed by atoms with E-state index in [2.05, 4.69) is 16.4 Å². The van der Waals surface area contributed by atoms with Gasteiger partial charge in [0, 0.05) is 19.9 Å². The van der Waals surface area contributed by atoms with E-state index in [0.29, 0.717) is 19.7 Å². The van der Waals surface area contributed by atoms with Crippen molar-refractivity contribution in [2.24, 2.45) is 0 Å². The van der Waals surface area contributed by atoms with Gasteiger partial charge in [-0.3, -0.25) is 9.78 Å². The van der Waals surface area contributed by atoms with Crippen molar-refractivity contribution in [3.63, 3.8) is 0 Å². The highest BCUT2D eigenvalue weighted by molar-refractivity contribution is 5.87. The van der Waals surface area contributed by atoms with Crippen LogP contribution in [0.1, 0.15) is 30.0 Å². The third-order valence-electron chi connectivity index (χ3n) is 3.37. The second kappa shape index (κ2) is 6.61. The lowest BCUT2D eigenvalue weighted by atomic mass is 9.84. The van der Waals surface area contributed by atoms with Gasteiger partial charge in [0.1, 0.15) is 0 Å². The molecule has 1 aliphatic rings. The van der Waals surface area contributed by atoms with Crippen LogP contribution in [0.4, 0.5) is 0 Å². The Labute approximate surface area is 108 Å². The molecule has 18 heavy (non-hydrogen) atoms. The molecular weight excluding hydrogens is 228 g/mol. The van der Waals surface area contributed by atoms with Gasteiger partial charge in [0.15, 0.2) is 5.78 Å². The molecule has 0 saturated heterocycles. The van der Waals surface area contributed by atoms with E-state index in [0.717, 1.165) is 25.0 Å². The summed E-state index contributed by atoms with van der Waals surface area (Å²) in [5.74, 6) is 0.218. The second-order valence-corrected chi connectivity index (χ2v) is 4.63. The zero-order valence-corrected chi connectivity index (χ0v) is 10.8. The highest BCUT2D eigenvalue weighted by Crippen LogP contribution is 2.30. The number of nitrogens with zero attached hydrogens (tertiary/aromatic N) is 1. The molecule has 4 nitrogen and oxygen atoms in total. The summed E-state index contributed by atoms with van der Waals surface area (Å²) in [5.41, 5.74) is 2.22. The summed E-state index contributed by atoms with van der Waals surface area (Å²) in [6, 6.07) is 4.03. The van der Waals surface area contributed by atoms with Gasteiger partial charge in [-0.05, 0) is 30.9 Å². The summed E-state index contributed by atoms with van der Waals surface area (Å²) in [6.07, 6.45) is 4.83. The van der Waals surface area contributed by atoms with Crippen molar-refractivity contribution in [3.8, 4) is 0 Å². The minimum Gasteiger partial charge on any atom is -0.383 e. The number of pyridine rings is 1. The molecule has 0 fully saturated rings. The molecule has 0 aromatic carbocycles. The summed E-state index contributed by atoms with van der Waals surface area (Å²) in [4.78, 5) is 16.6. The lowest BCUT2D eigenvalue weighted by Crippen LogP contribution is -2.31. The van der Waals surface area contributed by atoms with E-state index in [9.17, 15) is 4.79 Å². The van der Waals surface area contributed by atoms with Gasteiger partial charge in [0.25, 0.3) is 0 Å². The zero-order chi connectivity index (χ0) is 12.8. The Balaban J connectivity index is 1.95. The predicted octanol–water partition coefficient (Wildman–Crippen LogP) is 1.31. The molecule has 98 valence electrons. The maximum absolute atomic E-state index is 12.2. The van der Waals surface area contributed by atoms with Gasteiger partial charge in [-0.15, -0.1) is 0 Å². The number of fused-ring (bicyclic) bond motifs is 1. The molecule has 1 aromatic heterocycles. The Morgan fingerprint density at radius 2 is 2.50 bits per heavy atom. The predicted molar refractivity (Wildman–Crippen MR) is 69.7 cm³/mol. The molecule has 0 spiro atoms. The summed E-state index contributed by atoms with van der Waals surface area (Å²) in [5, 5.41) is 3.11.